The summed E-state index contributed by atoms with van der Waals surface area (Å²) in [5.41, 5.74) is 1.03. The van der Waals surface area contributed by atoms with Crippen molar-refractivity contribution < 1.29 is 0 Å². The molecule has 0 aliphatic rings. The van der Waals surface area contributed by atoms with Crippen molar-refractivity contribution in [3.63, 3.8) is 0 Å². The molecule has 0 spiro atoms. The fourth-order valence-electron chi connectivity index (χ4n) is 2.34. The largest absolute Gasteiger partial charge is 0.375 e. The van der Waals surface area contributed by atoms with E-state index in [0.717, 1.165) is 17.3 Å². The van der Waals surface area contributed by atoms with Crippen molar-refractivity contribution in [2.45, 2.75) is 32.7 Å². The Morgan fingerprint density at radius 2 is 1.78 bits per heavy atom. The van der Waals surface area contributed by atoms with Gasteiger partial charge in [-0.15, -0.1) is 0 Å². The summed E-state index contributed by atoms with van der Waals surface area (Å²) >= 11 is 0. The molecule has 118 valence electrons. The van der Waals surface area contributed by atoms with Crippen LogP contribution < -0.4 is 21.5 Å². The summed E-state index contributed by atoms with van der Waals surface area (Å²) in [6.07, 6.45) is 2.50. The third kappa shape index (κ3) is 2.82. The van der Waals surface area contributed by atoms with Crippen LogP contribution in [-0.2, 0) is 0 Å². The Kier molecular flexibility index (Phi) is 3.64. The summed E-state index contributed by atoms with van der Waals surface area (Å²) < 4.78 is 0. The third-order valence-corrected chi connectivity index (χ3v) is 4.12. The monoisotopic (exact) mass is 309 g/mol. The standard InChI is InChI=1S/C18H19N3O2/c1-4-18(2,3)21-15-14(16(22)17(15)23)20-12-9-11-7-5-6-8-13(11)19-10-12/h5-10,20-21H,4H2,1-3H3. The van der Waals surface area contributed by atoms with E-state index in [1.807, 2.05) is 51.1 Å². The Balaban J connectivity index is 1.92. The maximum absolute atomic E-state index is 11.9. The van der Waals surface area contributed by atoms with Gasteiger partial charge in [0.1, 0.15) is 11.4 Å². The van der Waals surface area contributed by atoms with Crippen LogP contribution in [0.4, 0.5) is 17.1 Å². The number of para-hydroxylation sites is 1. The molecule has 0 saturated heterocycles. The van der Waals surface area contributed by atoms with Crippen molar-refractivity contribution in [2.75, 3.05) is 10.6 Å². The minimum absolute atomic E-state index is 0.250. The zero-order valence-corrected chi connectivity index (χ0v) is 13.4. The Labute approximate surface area is 134 Å². The number of fused-ring (bicyclic) bond motifs is 1. The fraction of sp³-hybridized carbons (Fsp3) is 0.278. The lowest BCUT2D eigenvalue weighted by atomic mass is 10.00. The highest BCUT2D eigenvalue weighted by molar-refractivity contribution is 5.85. The number of anilines is 3. The number of aromatic nitrogens is 1. The first-order chi connectivity index (χ1) is 10.9. The molecule has 0 amide bonds. The molecular formula is C18H19N3O2. The van der Waals surface area contributed by atoms with Gasteiger partial charge in [0, 0.05) is 10.9 Å². The predicted octanol–water partition coefficient (Wildman–Crippen LogP) is 3.17. The Morgan fingerprint density at radius 3 is 2.52 bits per heavy atom. The molecule has 3 rings (SSSR count). The molecule has 23 heavy (non-hydrogen) atoms. The predicted molar refractivity (Wildman–Crippen MR) is 94.4 cm³/mol. The van der Waals surface area contributed by atoms with E-state index >= 15 is 0 Å². The molecule has 0 aliphatic carbocycles. The van der Waals surface area contributed by atoms with E-state index in [1.54, 1.807) is 6.20 Å². The van der Waals surface area contributed by atoms with E-state index in [2.05, 4.69) is 15.6 Å². The molecule has 0 fully saturated rings. The molecule has 1 heterocycles. The molecule has 0 radical (unpaired) electrons. The van der Waals surface area contributed by atoms with Crippen LogP contribution in [0.1, 0.15) is 27.2 Å². The normalized spacial score (nSPS) is 11.8. The number of nitrogens with one attached hydrogen (secondary N) is 2. The molecule has 1 aromatic heterocycles. The van der Waals surface area contributed by atoms with Crippen molar-refractivity contribution in [3.8, 4) is 0 Å². The van der Waals surface area contributed by atoms with Crippen molar-refractivity contribution in [1.29, 1.82) is 0 Å². The lowest BCUT2D eigenvalue weighted by Gasteiger charge is -2.27. The zero-order valence-electron chi connectivity index (χ0n) is 13.4. The quantitative estimate of drug-likeness (QED) is 0.708. The SMILES string of the molecule is CCC(C)(C)Nc1c(Nc2cnc3ccccc3c2)c(=O)c1=O. The van der Waals surface area contributed by atoms with Crippen molar-refractivity contribution in [1.82, 2.24) is 4.98 Å². The number of nitrogens with zero attached hydrogens (tertiary/aromatic N) is 1. The zero-order chi connectivity index (χ0) is 16.6. The molecule has 3 aromatic rings. The van der Waals surface area contributed by atoms with Crippen molar-refractivity contribution in [2.24, 2.45) is 0 Å². The number of rotatable bonds is 5. The van der Waals surface area contributed by atoms with Crippen molar-refractivity contribution >= 4 is 28.0 Å². The summed E-state index contributed by atoms with van der Waals surface area (Å²) in [5, 5.41) is 7.16. The lowest BCUT2D eigenvalue weighted by molar-refractivity contribution is 0.546. The molecular weight excluding hydrogens is 290 g/mol. The smallest absolute Gasteiger partial charge is 0.253 e. The van der Waals surface area contributed by atoms with Crippen LogP contribution in [0.15, 0.2) is 46.1 Å². The highest BCUT2D eigenvalue weighted by Crippen LogP contribution is 2.25. The Bertz CT molecular complexity index is 937. The minimum Gasteiger partial charge on any atom is -0.375 e. The van der Waals surface area contributed by atoms with Gasteiger partial charge in [-0.3, -0.25) is 14.6 Å². The van der Waals surface area contributed by atoms with Crippen LogP contribution in [-0.4, -0.2) is 10.5 Å². The number of pyridine rings is 1. The van der Waals surface area contributed by atoms with Crippen LogP contribution >= 0.6 is 0 Å². The fourth-order valence-corrected chi connectivity index (χ4v) is 2.34. The first kappa shape index (κ1) is 15.2. The number of benzene rings is 1. The van der Waals surface area contributed by atoms with E-state index in [9.17, 15) is 9.59 Å². The summed E-state index contributed by atoms with van der Waals surface area (Å²) in [6, 6.07) is 9.64. The average Bonchev–Trinajstić information content (AvgIpc) is 2.57. The van der Waals surface area contributed by atoms with Crippen LogP contribution in [0.2, 0.25) is 0 Å². The van der Waals surface area contributed by atoms with Gasteiger partial charge in [-0.1, -0.05) is 25.1 Å². The van der Waals surface area contributed by atoms with Gasteiger partial charge in [0.2, 0.25) is 0 Å². The highest BCUT2D eigenvalue weighted by atomic mass is 16.2. The van der Waals surface area contributed by atoms with Gasteiger partial charge in [-0.05, 0) is 32.4 Å². The van der Waals surface area contributed by atoms with Crippen LogP contribution in [0.3, 0.4) is 0 Å². The molecule has 5 heteroatoms. The minimum atomic E-state index is -0.493. The molecule has 0 atom stereocenters. The Hall–Kier alpha value is -2.69. The van der Waals surface area contributed by atoms with E-state index in [4.69, 9.17) is 0 Å². The van der Waals surface area contributed by atoms with E-state index in [-0.39, 0.29) is 5.54 Å². The first-order valence-electron chi connectivity index (χ1n) is 7.64. The van der Waals surface area contributed by atoms with E-state index in [1.165, 1.54) is 0 Å². The molecule has 0 aliphatic heterocycles. The second-order valence-electron chi connectivity index (χ2n) is 6.31. The second-order valence-corrected chi connectivity index (χ2v) is 6.31. The van der Waals surface area contributed by atoms with Gasteiger partial charge in [-0.25, -0.2) is 0 Å². The topological polar surface area (TPSA) is 71.1 Å². The summed E-state index contributed by atoms with van der Waals surface area (Å²) in [4.78, 5) is 28.1. The van der Waals surface area contributed by atoms with Crippen LogP contribution in [0.25, 0.3) is 10.9 Å². The van der Waals surface area contributed by atoms with Gasteiger partial charge in [0.25, 0.3) is 10.9 Å². The van der Waals surface area contributed by atoms with Gasteiger partial charge in [0.05, 0.1) is 17.4 Å². The van der Waals surface area contributed by atoms with Gasteiger partial charge < -0.3 is 10.6 Å². The van der Waals surface area contributed by atoms with Crippen LogP contribution in [0.5, 0.6) is 0 Å². The molecule has 2 N–H and O–H groups in total. The molecule has 0 unspecified atom stereocenters. The van der Waals surface area contributed by atoms with Gasteiger partial charge in [-0.2, -0.15) is 0 Å². The second kappa shape index (κ2) is 5.50. The number of hydrogen-bond donors (Lipinski definition) is 2. The summed E-state index contributed by atoms with van der Waals surface area (Å²) in [7, 11) is 0. The average molecular weight is 309 g/mol. The van der Waals surface area contributed by atoms with Gasteiger partial charge >= 0.3 is 0 Å². The van der Waals surface area contributed by atoms with Crippen LogP contribution in [0, 0.1) is 0 Å². The molecule has 2 aromatic carbocycles. The maximum atomic E-state index is 11.9. The highest BCUT2D eigenvalue weighted by Gasteiger charge is 2.26. The number of hydrogen-bond acceptors (Lipinski definition) is 5. The van der Waals surface area contributed by atoms with E-state index < -0.39 is 10.9 Å². The van der Waals surface area contributed by atoms with E-state index in [0.29, 0.717) is 17.1 Å². The van der Waals surface area contributed by atoms with Gasteiger partial charge in [0.15, 0.2) is 0 Å². The van der Waals surface area contributed by atoms with Crippen molar-refractivity contribution in [3.05, 3.63) is 57.0 Å². The maximum Gasteiger partial charge on any atom is 0.253 e. The first-order valence-corrected chi connectivity index (χ1v) is 7.64. The summed E-state index contributed by atoms with van der Waals surface area (Å²) in [5.74, 6) is 0. The molecule has 0 bridgehead atoms. The lowest BCUT2D eigenvalue weighted by Crippen LogP contribution is -2.42. The third-order valence-electron chi connectivity index (χ3n) is 4.12. The molecule has 0 saturated carbocycles. The Morgan fingerprint density at radius 1 is 1.09 bits per heavy atom. The molecule has 5 nitrogen and oxygen atoms in total. The summed E-state index contributed by atoms with van der Waals surface area (Å²) in [6.45, 7) is 6.01.